The average Bonchev–Trinajstić information content (AvgIpc) is 2.75. The maximum absolute atomic E-state index is 12.5. The standard InChI is InChI=1S/C21H21N5O2/c27-19(24-17-7-3-5-16-6-4-10-23-21(16)17)15-20(28)26-13-11-25(12-14-26)18-8-1-2-9-22-18/h1-10H,11-15H2,(H,24,27). The van der Waals surface area contributed by atoms with Crippen LogP contribution in [0.1, 0.15) is 6.42 Å². The molecule has 1 aromatic carbocycles. The number of anilines is 2. The van der Waals surface area contributed by atoms with E-state index in [4.69, 9.17) is 0 Å². The highest BCUT2D eigenvalue weighted by molar-refractivity contribution is 6.07. The molecule has 0 bridgehead atoms. The van der Waals surface area contributed by atoms with E-state index in [1.54, 1.807) is 23.4 Å². The highest BCUT2D eigenvalue weighted by Crippen LogP contribution is 2.21. The molecule has 28 heavy (non-hydrogen) atoms. The van der Waals surface area contributed by atoms with Crippen LogP contribution in [-0.2, 0) is 9.59 Å². The summed E-state index contributed by atoms with van der Waals surface area (Å²) < 4.78 is 0. The summed E-state index contributed by atoms with van der Waals surface area (Å²) >= 11 is 0. The molecule has 0 spiro atoms. The van der Waals surface area contributed by atoms with E-state index in [1.807, 2.05) is 42.5 Å². The van der Waals surface area contributed by atoms with Crippen LogP contribution in [0.15, 0.2) is 60.9 Å². The number of fused-ring (bicyclic) bond motifs is 1. The van der Waals surface area contributed by atoms with Gasteiger partial charge in [-0.25, -0.2) is 4.98 Å². The van der Waals surface area contributed by atoms with Gasteiger partial charge in [-0.2, -0.15) is 0 Å². The number of benzene rings is 1. The molecule has 1 saturated heterocycles. The molecule has 0 atom stereocenters. The number of pyridine rings is 2. The lowest BCUT2D eigenvalue weighted by Gasteiger charge is -2.35. The number of aromatic nitrogens is 2. The number of rotatable bonds is 4. The molecule has 7 nitrogen and oxygen atoms in total. The zero-order valence-electron chi connectivity index (χ0n) is 15.4. The van der Waals surface area contributed by atoms with Crippen LogP contribution in [0.4, 0.5) is 11.5 Å². The van der Waals surface area contributed by atoms with Crippen molar-refractivity contribution in [3.8, 4) is 0 Å². The third-order valence-electron chi connectivity index (χ3n) is 4.82. The lowest BCUT2D eigenvalue weighted by molar-refractivity contribution is -0.134. The predicted molar refractivity (Wildman–Crippen MR) is 108 cm³/mol. The first-order chi connectivity index (χ1) is 13.7. The van der Waals surface area contributed by atoms with Crippen molar-refractivity contribution in [1.82, 2.24) is 14.9 Å². The molecule has 0 unspecified atom stereocenters. The van der Waals surface area contributed by atoms with Crippen LogP contribution < -0.4 is 10.2 Å². The molecule has 4 rings (SSSR count). The molecule has 0 radical (unpaired) electrons. The molecule has 142 valence electrons. The number of nitrogens with one attached hydrogen (secondary N) is 1. The number of amides is 2. The summed E-state index contributed by atoms with van der Waals surface area (Å²) in [5.41, 5.74) is 1.34. The monoisotopic (exact) mass is 375 g/mol. The molecular weight excluding hydrogens is 354 g/mol. The van der Waals surface area contributed by atoms with Gasteiger partial charge in [-0.1, -0.05) is 24.3 Å². The van der Waals surface area contributed by atoms with Gasteiger partial charge in [-0.15, -0.1) is 0 Å². The van der Waals surface area contributed by atoms with E-state index in [0.29, 0.717) is 31.9 Å². The fraction of sp³-hybridized carbons (Fsp3) is 0.238. The third kappa shape index (κ3) is 3.93. The molecule has 3 heterocycles. The Bertz CT molecular complexity index is 979. The minimum absolute atomic E-state index is 0.161. The van der Waals surface area contributed by atoms with Gasteiger partial charge >= 0.3 is 0 Å². The quantitative estimate of drug-likeness (QED) is 0.708. The lowest BCUT2D eigenvalue weighted by Crippen LogP contribution is -2.49. The van der Waals surface area contributed by atoms with E-state index >= 15 is 0 Å². The van der Waals surface area contributed by atoms with Crippen molar-refractivity contribution >= 4 is 34.2 Å². The first-order valence-corrected chi connectivity index (χ1v) is 9.28. The zero-order chi connectivity index (χ0) is 19.3. The van der Waals surface area contributed by atoms with Crippen LogP contribution in [0.2, 0.25) is 0 Å². The number of hydrogen-bond acceptors (Lipinski definition) is 5. The van der Waals surface area contributed by atoms with E-state index in [9.17, 15) is 9.59 Å². The van der Waals surface area contributed by atoms with Gasteiger partial charge in [-0.3, -0.25) is 14.6 Å². The molecule has 2 aromatic heterocycles. The largest absolute Gasteiger partial charge is 0.353 e. The number of piperazine rings is 1. The van der Waals surface area contributed by atoms with Gasteiger partial charge in [0.2, 0.25) is 11.8 Å². The first-order valence-electron chi connectivity index (χ1n) is 9.28. The van der Waals surface area contributed by atoms with Gasteiger partial charge in [0.15, 0.2) is 0 Å². The fourth-order valence-electron chi connectivity index (χ4n) is 3.37. The Morgan fingerprint density at radius 3 is 2.46 bits per heavy atom. The Kier molecular flexibility index (Phi) is 5.14. The van der Waals surface area contributed by atoms with Crippen molar-refractivity contribution in [2.24, 2.45) is 0 Å². The van der Waals surface area contributed by atoms with Crippen molar-refractivity contribution < 1.29 is 9.59 Å². The number of carbonyl (C=O) groups is 2. The summed E-state index contributed by atoms with van der Waals surface area (Å²) in [6.07, 6.45) is 3.27. The maximum Gasteiger partial charge on any atom is 0.233 e. The summed E-state index contributed by atoms with van der Waals surface area (Å²) in [6, 6.07) is 15.2. The molecule has 1 aliphatic rings. The molecule has 1 fully saturated rings. The van der Waals surface area contributed by atoms with Crippen LogP contribution >= 0.6 is 0 Å². The third-order valence-corrected chi connectivity index (χ3v) is 4.82. The van der Waals surface area contributed by atoms with Crippen LogP contribution in [-0.4, -0.2) is 52.9 Å². The second-order valence-corrected chi connectivity index (χ2v) is 6.66. The Balaban J connectivity index is 1.33. The van der Waals surface area contributed by atoms with Crippen molar-refractivity contribution in [3.63, 3.8) is 0 Å². The number of nitrogens with zero attached hydrogens (tertiary/aromatic N) is 4. The zero-order valence-corrected chi connectivity index (χ0v) is 15.4. The number of hydrogen-bond donors (Lipinski definition) is 1. The van der Waals surface area contributed by atoms with Crippen LogP contribution in [0.25, 0.3) is 10.9 Å². The van der Waals surface area contributed by atoms with E-state index in [1.165, 1.54) is 0 Å². The van der Waals surface area contributed by atoms with Gasteiger partial charge in [0.1, 0.15) is 12.2 Å². The second kappa shape index (κ2) is 8.04. The van der Waals surface area contributed by atoms with Gasteiger partial charge < -0.3 is 15.1 Å². The summed E-state index contributed by atoms with van der Waals surface area (Å²) in [6.45, 7) is 2.58. The average molecular weight is 375 g/mol. The normalized spacial score (nSPS) is 14.1. The highest BCUT2D eigenvalue weighted by atomic mass is 16.2. The van der Waals surface area contributed by atoms with E-state index in [0.717, 1.165) is 16.7 Å². The SMILES string of the molecule is O=C(CC(=O)N1CCN(c2ccccn2)CC1)Nc1cccc2cccnc12. The van der Waals surface area contributed by atoms with Crippen LogP contribution in [0.3, 0.4) is 0 Å². The summed E-state index contributed by atoms with van der Waals surface area (Å²) in [5, 5.41) is 3.76. The second-order valence-electron chi connectivity index (χ2n) is 6.66. The molecular formula is C21H21N5O2. The lowest BCUT2D eigenvalue weighted by atomic mass is 10.2. The van der Waals surface area contributed by atoms with Crippen LogP contribution in [0.5, 0.6) is 0 Å². The minimum Gasteiger partial charge on any atom is -0.353 e. The maximum atomic E-state index is 12.5. The number of para-hydroxylation sites is 1. The van der Waals surface area contributed by atoms with Crippen molar-refractivity contribution in [3.05, 3.63) is 60.9 Å². The van der Waals surface area contributed by atoms with Gasteiger partial charge in [0.25, 0.3) is 0 Å². The number of carbonyl (C=O) groups excluding carboxylic acids is 2. The van der Waals surface area contributed by atoms with Crippen molar-refractivity contribution in [2.45, 2.75) is 6.42 Å². The highest BCUT2D eigenvalue weighted by Gasteiger charge is 2.23. The first kappa shape index (κ1) is 17.9. The van der Waals surface area contributed by atoms with Gasteiger partial charge in [-0.05, 0) is 24.3 Å². The molecule has 7 heteroatoms. The minimum atomic E-state index is -0.324. The Morgan fingerprint density at radius 1 is 0.893 bits per heavy atom. The Labute approximate surface area is 163 Å². The van der Waals surface area contributed by atoms with Gasteiger partial charge in [0.05, 0.1) is 11.2 Å². The molecule has 1 N–H and O–H groups in total. The molecule has 1 aliphatic heterocycles. The van der Waals surface area contributed by atoms with Crippen molar-refractivity contribution in [1.29, 1.82) is 0 Å². The predicted octanol–water partition coefficient (Wildman–Crippen LogP) is 2.31. The fourth-order valence-corrected chi connectivity index (χ4v) is 3.37. The smallest absolute Gasteiger partial charge is 0.233 e. The topological polar surface area (TPSA) is 78.4 Å². The van der Waals surface area contributed by atoms with Crippen molar-refractivity contribution in [2.75, 3.05) is 36.4 Å². The summed E-state index contributed by atoms with van der Waals surface area (Å²) in [7, 11) is 0. The van der Waals surface area contributed by atoms with E-state index < -0.39 is 0 Å². The molecule has 0 aliphatic carbocycles. The Hall–Kier alpha value is -3.48. The van der Waals surface area contributed by atoms with Crippen LogP contribution in [0, 0.1) is 0 Å². The molecule has 2 amide bonds. The summed E-state index contributed by atoms with van der Waals surface area (Å²) in [4.78, 5) is 37.5. The molecule has 3 aromatic rings. The molecule has 0 saturated carbocycles. The Morgan fingerprint density at radius 2 is 1.68 bits per heavy atom. The van der Waals surface area contributed by atoms with E-state index in [2.05, 4.69) is 20.2 Å². The van der Waals surface area contributed by atoms with Gasteiger partial charge in [0, 0.05) is 44.0 Å². The van der Waals surface area contributed by atoms with E-state index in [-0.39, 0.29) is 18.2 Å². The summed E-state index contributed by atoms with van der Waals surface area (Å²) in [5.74, 6) is 0.428.